The van der Waals surface area contributed by atoms with Gasteiger partial charge in [0, 0.05) is 23.3 Å². The molecule has 20 heavy (non-hydrogen) atoms. The van der Waals surface area contributed by atoms with Gasteiger partial charge >= 0.3 is 0 Å². The van der Waals surface area contributed by atoms with Crippen molar-refractivity contribution in [3.63, 3.8) is 0 Å². The Morgan fingerprint density at radius 1 is 1.40 bits per heavy atom. The normalized spacial score (nSPS) is 12.3. The highest BCUT2D eigenvalue weighted by molar-refractivity contribution is 8.13. The molecule has 4 nitrogen and oxygen atoms in total. The first-order valence-corrected chi connectivity index (χ1v) is 8.34. The topological polar surface area (TPSA) is 54.5 Å². The lowest BCUT2D eigenvalue weighted by molar-refractivity contribution is 0.0615. The maximum Gasteiger partial charge on any atom is 0.261 e. The van der Waals surface area contributed by atoms with Crippen molar-refractivity contribution in [1.82, 2.24) is 4.90 Å². The molecule has 0 heterocycles. The molecule has 0 unspecified atom stereocenters. The molecule has 0 saturated heterocycles. The number of hydrogen-bond donors (Lipinski definition) is 0. The molecule has 0 radical (unpaired) electrons. The largest absolute Gasteiger partial charge is 0.337 e. The van der Waals surface area contributed by atoms with Gasteiger partial charge in [-0.1, -0.05) is 6.92 Å². The summed E-state index contributed by atoms with van der Waals surface area (Å²) in [7, 11) is 2.70. The van der Waals surface area contributed by atoms with Crippen molar-refractivity contribution < 1.29 is 17.6 Å². The number of amides is 1. The van der Waals surface area contributed by atoms with E-state index in [-0.39, 0.29) is 10.5 Å². The predicted molar refractivity (Wildman–Crippen MR) is 75.9 cm³/mol. The van der Waals surface area contributed by atoms with Crippen LogP contribution in [0.5, 0.6) is 0 Å². The predicted octanol–water partition coefficient (Wildman–Crippen LogP) is 3.01. The molecule has 0 aromatic heterocycles. The van der Waals surface area contributed by atoms with E-state index in [0.29, 0.717) is 6.42 Å². The van der Waals surface area contributed by atoms with Crippen molar-refractivity contribution in [2.45, 2.75) is 37.6 Å². The third kappa shape index (κ3) is 3.49. The number of halogens is 2. The molecule has 0 aliphatic carbocycles. The first-order valence-electron chi connectivity index (χ1n) is 6.03. The lowest BCUT2D eigenvalue weighted by Gasteiger charge is -2.35. The number of carbonyl (C=O) groups is 1. The Balaban J connectivity index is 3.20. The molecule has 1 aromatic rings. The van der Waals surface area contributed by atoms with Crippen LogP contribution in [0.15, 0.2) is 23.1 Å². The van der Waals surface area contributed by atoms with Gasteiger partial charge in [-0.25, -0.2) is 12.8 Å². The van der Waals surface area contributed by atoms with Crippen LogP contribution in [0, 0.1) is 5.82 Å². The minimum Gasteiger partial charge on any atom is -0.337 e. The lowest BCUT2D eigenvalue weighted by atomic mass is 9.99. The highest BCUT2D eigenvalue weighted by atomic mass is 35.7. The first-order chi connectivity index (χ1) is 9.00. The third-order valence-corrected chi connectivity index (χ3v) is 4.88. The summed E-state index contributed by atoms with van der Waals surface area (Å²) in [6.45, 7) is 5.64. The maximum absolute atomic E-state index is 13.9. The van der Waals surface area contributed by atoms with Gasteiger partial charge in [-0.3, -0.25) is 4.79 Å². The molecule has 0 aliphatic rings. The fourth-order valence-electron chi connectivity index (χ4n) is 1.51. The zero-order valence-electron chi connectivity index (χ0n) is 11.8. The van der Waals surface area contributed by atoms with Crippen LogP contribution >= 0.6 is 10.7 Å². The van der Waals surface area contributed by atoms with Gasteiger partial charge in [0.1, 0.15) is 5.82 Å². The van der Waals surface area contributed by atoms with E-state index in [0.717, 1.165) is 18.2 Å². The maximum atomic E-state index is 13.9. The van der Waals surface area contributed by atoms with Crippen molar-refractivity contribution in [2.24, 2.45) is 0 Å². The van der Waals surface area contributed by atoms with Crippen LogP contribution in [-0.4, -0.2) is 31.8 Å². The van der Waals surface area contributed by atoms with Crippen LogP contribution in [-0.2, 0) is 9.05 Å². The van der Waals surface area contributed by atoms with E-state index in [9.17, 15) is 17.6 Å². The van der Waals surface area contributed by atoms with Crippen LogP contribution in [0.3, 0.4) is 0 Å². The molecule has 0 saturated carbocycles. The smallest absolute Gasteiger partial charge is 0.261 e. The summed E-state index contributed by atoms with van der Waals surface area (Å²) in [5.41, 5.74) is -0.612. The molecule has 0 spiro atoms. The minimum atomic E-state index is -4.01. The van der Waals surface area contributed by atoms with Crippen LogP contribution in [0.25, 0.3) is 0 Å². The van der Waals surface area contributed by atoms with E-state index in [1.54, 1.807) is 7.05 Å². The summed E-state index contributed by atoms with van der Waals surface area (Å²) in [6.07, 6.45) is 0.699. The van der Waals surface area contributed by atoms with Crippen molar-refractivity contribution in [1.29, 1.82) is 0 Å². The number of benzene rings is 1. The van der Waals surface area contributed by atoms with E-state index in [2.05, 4.69) is 0 Å². The third-order valence-electron chi connectivity index (χ3n) is 3.53. The molecule has 7 heteroatoms. The molecule has 1 aromatic carbocycles. The van der Waals surface area contributed by atoms with Crippen molar-refractivity contribution in [3.8, 4) is 0 Å². The van der Waals surface area contributed by atoms with E-state index in [1.165, 1.54) is 4.90 Å². The summed E-state index contributed by atoms with van der Waals surface area (Å²) >= 11 is 0. The standard InChI is InChI=1S/C13H17ClFNO3S/c1-5-13(2,3)16(4)12(17)10-7-6-9(8-11(10)15)20(14,18)19/h6-8H,5H2,1-4H3. The minimum absolute atomic E-state index is 0.182. The summed E-state index contributed by atoms with van der Waals surface area (Å²) < 4.78 is 36.1. The molecule has 1 rings (SSSR count). The van der Waals surface area contributed by atoms with Crippen LogP contribution in [0.1, 0.15) is 37.6 Å². The van der Waals surface area contributed by atoms with E-state index in [4.69, 9.17) is 10.7 Å². The second-order valence-corrected chi connectivity index (χ2v) is 7.68. The summed E-state index contributed by atoms with van der Waals surface area (Å²) in [5, 5.41) is 0. The number of rotatable bonds is 4. The molecular weight excluding hydrogens is 305 g/mol. The number of carbonyl (C=O) groups excluding carboxylic acids is 1. The Morgan fingerprint density at radius 3 is 2.35 bits per heavy atom. The summed E-state index contributed by atoms with van der Waals surface area (Å²) in [6, 6.07) is 3.00. The van der Waals surface area contributed by atoms with Crippen molar-refractivity contribution in [3.05, 3.63) is 29.6 Å². The monoisotopic (exact) mass is 321 g/mol. The molecule has 0 N–H and O–H groups in total. The average Bonchev–Trinajstić information content (AvgIpc) is 2.35. The number of hydrogen-bond acceptors (Lipinski definition) is 3. The van der Waals surface area contributed by atoms with Crippen molar-refractivity contribution in [2.75, 3.05) is 7.05 Å². The van der Waals surface area contributed by atoms with Crippen LogP contribution in [0.2, 0.25) is 0 Å². The summed E-state index contributed by atoms with van der Waals surface area (Å²) in [4.78, 5) is 13.3. The molecule has 1 amide bonds. The SMILES string of the molecule is CCC(C)(C)N(C)C(=O)c1ccc(S(=O)(=O)Cl)cc1F. The van der Waals surface area contributed by atoms with Gasteiger partial charge < -0.3 is 4.90 Å². The Hall–Kier alpha value is -1.14. The second kappa shape index (κ2) is 5.69. The van der Waals surface area contributed by atoms with E-state index < -0.39 is 26.3 Å². The van der Waals surface area contributed by atoms with Gasteiger partial charge in [0.25, 0.3) is 15.0 Å². The summed E-state index contributed by atoms with van der Waals surface area (Å²) in [5.74, 6) is -1.41. The van der Waals surface area contributed by atoms with Crippen LogP contribution < -0.4 is 0 Å². The molecule has 0 aliphatic heterocycles. The zero-order valence-corrected chi connectivity index (χ0v) is 13.3. The van der Waals surface area contributed by atoms with Gasteiger partial charge in [-0.05, 0) is 38.5 Å². The average molecular weight is 322 g/mol. The fourth-order valence-corrected chi connectivity index (χ4v) is 2.28. The second-order valence-electron chi connectivity index (χ2n) is 5.11. The Kier molecular flexibility index (Phi) is 4.82. The van der Waals surface area contributed by atoms with Gasteiger partial charge in [0.2, 0.25) is 0 Å². The first kappa shape index (κ1) is 16.9. The quantitative estimate of drug-likeness (QED) is 0.801. The Bertz CT molecular complexity index is 629. The molecule has 0 atom stereocenters. The Morgan fingerprint density at radius 2 is 1.95 bits per heavy atom. The van der Waals surface area contributed by atoms with Gasteiger partial charge in [0.15, 0.2) is 0 Å². The van der Waals surface area contributed by atoms with E-state index in [1.807, 2.05) is 20.8 Å². The van der Waals surface area contributed by atoms with Crippen LogP contribution in [0.4, 0.5) is 4.39 Å². The van der Waals surface area contributed by atoms with Crippen molar-refractivity contribution >= 4 is 25.6 Å². The Labute approximate surface area is 123 Å². The zero-order chi connectivity index (χ0) is 15.7. The molecule has 0 fully saturated rings. The van der Waals surface area contributed by atoms with Gasteiger partial charge in [-0.15, -0.1) is 0 Å². The van der Waals surface area contributed by atoms with Gasteiger partial charge in [-0.2, -0.15) is 0 Å². The number of nitrogens with zero attached hydrogens (tertiary/aromatic N) is 1. The lowest BCUT2D eigenvalue weighted by Crippen LogP contribution is -2.44. The molecular formula is C13H17ClFNO3S. The molecule has 0 bridgehead atoms. The van der Waals surface area contributed by atoms with E-state index >= 15 is 0 Å². The van der Waals surface area contributed by atoms with Gasteiger partial charge in [0.05, 0.1) is 10.5 Å². The highest BCUT2D eigenvalue weighted by Crippen LogP contribution is 2.23. The highest BCUT2D eigenvalue weighted by Gasteiger charge is 2.28. The molecule has 112 valence electrons. The fraction of sp³-hybridized carbons (Fsp3) is 0.462.